The lowest BCUT2D eigenvalue weighted by molar-refractivity contribution is -0.323. The van der Waals surface area contributed by atoms with Crippen LogP contribution in [0.25, 0.3) is 0 Å². The van der Waals surface area contributed by atoms with Crippen LogP contribution < -0.4 is 0 Å². The van der Waals surface area contributed by atoms with Gasteiger partial charge in [0.2, 0.25) is 11.6 Å². The van der Waals surface area contributed by atoms with Crippen molar-refractivity contribution in [1.82, 2.24) is 0 Å². The second kappa shape index (κ2) is 5.18. The van der Waals surface area contributed by atoms with Gasteiger partial charge in [-0.25, -0.2) is 0 Å². The first kappa shape index (κ1) is 17.7. The number of hydrogen-bond acceptors (Lipinski definition) is 6. The molecule has 6 heteroatoms. The van der Waals surface area contributed by atoms with Gasteiger partial charge in [-0.2, -0.15) is 0 Å². The molecule has 142 valence electrons. The molecule has 4 fully saturated rings. The number of ether oxygens (including phenoxy) is 4. The summed E-state index contributed by atoms with van der Waals surface area (Å²) in [5.74, 6) is -2.03. The molecule has 3 heterocycles. The Labute approximate surface area is 149 Å². The number of esters is 1. The van der Waals surface area contributed by atoms with Crippen molar-refractivity contribution >= 4 is 5.97 Å². The van der Waals surface area contributed by atoms with Crippen molar-refractivity contribution in [3.8, 4) is 0 Å². The minimum Gasteiger partial charge on any atom is -0.469 e. The van der Waals surface area contributed by atoms with Crippen LogP contribution in [0.2, 0.25) is 0 Å². The molecule has 6 nitrogen and oxygen atoms in total. The van der Waals surface area contributed by atoms with Gasteiger partial charge in [-0.3, -0.25) is 4.79 Å². The Balaban J connectivity index is 1.90. The van der Waals surface area contributed by atoms with E-state index >= 15 is 0 Å². The lowest BCUT2D eigenvalue weighted by atomic mass is 9.67. The monoisotopic (exact) mass is 354 g/mol. The molecule has 0 aromatic rings. The third-order valence-corrected chi connectivity index (χ3v) is 7.52. The Morgan fingerprint density at radius 2 is 1.96 bits per heavy atom. The molecule has 0 aromatic heterocycles. The molecule has 0 radical (unpaired) electrons. The molecular weight excluding hydrogens is 324 g/mol. The SMILES string of the molecule is CC[C@@H]1C[C@@]2(CC)O[C@@]3(CC(=O)OC)O[C@]4([C@H](C)O)O[C@@]3(CC)[C@H]2[C@H]14. The van der Waals surface area contributed by atoms with Gasteiger partial charge in [0, 0.05) is 11.8 Å². The normalized spacial score (nSPS) is 53.4. The van der Waals surface area contributed by atoms with E-state index in [1.54, 1.807) is 6.92 Å². The molecule has 8 atom stereocenters. The summed E-state index contributed by atoms with van der Waals surface area (Å²) in [5, 5.41) is 10.7. The predicted octanol–water partition coefficient (Wildman–Crippen LogP) is 2.37. The third-order valence-electron chi connectivity index (χ3n) is 7.52. The van der Waals surface area contributed by atoms with Crippen molar-refractivity contribution in [3.63, 3.8) is 0 Å². The van der Waals surface area contributed by atoms with Crippen molar-refractivity contribution < 1.29 is 28.8 Å². The summed E-state index contributed by atoms with van der Waals surface area (Å²) in [4.78, 5) is 12.2. The van der Waals surface area contributed by atoms with Crippen LogP contribution in [-0.4, -0.2) is 47.1 Å². The van der Waals surface area contributed by atoms with E-state index in [0.717, 1.165) is 19.3 Å². The van der Waals surface area contributed by atoms with Crippen LogP contribution in [0, 0.1) is 17.8 Å². The van der Waals surface area contributed by atoms with Crippen LogP contribution >= 0.6 is 0 Å². The Morgan fingerprint density at radius 1 is 1.24 bits per heavy atom. The van der Waals surface area contributed by atoms with Gasteiger partial charge in [0.15, 0.2) is 0 Å². The number of hydrogen-bond donors (Lipinski definition) is 1. The van der Waals surface area contributed by atoms with Crippen molar-refractivity contribution in [3.05, 3.63) is 0 Å². The molecular formula is C19H30O6. The fraction of sp³-hybridized carbons (Fsp3) is 0.947. The maximum atomic E-state index is 12.2. The largest absolute Gasteiger partial charge is 0.469 e. The lowest BCUT2D eigenvalue weighted by Crippen LogP contribution is -2.59. The number of aliphatic hydroxyl groups excluding tert-OH is 1. The third kappa shape index (κ3) is 1.73. The molecule has 0 spiro atoms. The molecule has 4 aliphatic rings. The zero-order valence-corrected chi connectivity index (χ0v) is 15.8. The summed E-state index contributed by atoms with van der Waals surface area (Å²) in [5.41, 5.74) is -1.06. The second-order valence-corrected chi connectivity index (χ2v) is 8.25. The van der Waals surface area contributed by atoms with Crippen molar-refractivity contribution in [1.29, 1.82) is 0 Å². The van der Waals surface area contributed by atoms with Crippen LogP contribution in [-0.2, 0) is 23.7 Å². The standard InChI is InChI=1S/C19H30O6/c1-6-12-9-16(7-2)15-14(12)19(11(4)20)24-17(15,8-3)18(23-16,25-19)10-13(21)22-5/h11-12,14-15,20H,6-10H2,1-5H3/t11-,12+,14-,15-,16+,17-,18-,19-/m0/s1. The smallest absolute Gasteiger partial charge is 0.311 e. The second-order valence-electron chi connectivity index (χ2n) is 8.25. The molecule has 25 heavy (non-hydrogen) atoms. The van der Waals surface area contributed by atoms with Crippen molar-refractivity contribution in [2.24, 2.45) is 17.8 Å². The predicted molar refractivity (Wildman–Crippen MR) is 88.5 cm³/mol. The summed E-state index contributed by atoms with van der Waals surface area (Å²) in [7, 11) is 1.37. The zero-order chi connectivity index (χ0) is 18.3. The van der Waals surface area contributed by atoms with E-state index in [1.165, 1.54) is 7.11 Å². The fourth-order valence-electron chi connectivity index (χ4n) is 6.61. The van der Waals surface area contributed by atoms with Crippen LogP contribution in [0.5, 0.6) is 0 Å². The lowest BCUT2D eigenvalue weighted by Gasteiger charge is -2.44. The van der Waals surface area contributed by atoms with E-state index < -0.39 is 23.3 Å². The summed E-state index contributed by atoms with van der Waals surface area (Å²) in [6.45, 7) is 8.10. The summed E-state index contributed by atoms with van der Waals surface area (Å²) < 4.78 is 24.6. The minimum atomic E-state index is -1.16. The molecule has 1 aliphatic carbocycles. The van der Waals surface area contributed by atoms with Crippen molar-refractivity contribution in [2.45, 2.75) is 88.7 Å². The summed E-state index contributed by atoms with van der Waals surface area (Å²) >= 11 is 0. The highest BCUT2D eigenvalue weighted by Gasteiger charge is 2.90. The van der Waals surface area contributed by atoms with E-state index in [0.29, 0.717) is 12.3 Å². The highest BCUT2D eigenvalue weighted by Crippen LogP contribution is 2.78. The maximum Gasteiger partial charge on any atom is 0.311 e. The number of carbonyl (C=O) groups is 1. The van der Waals surface area contributed by atoms with Gasteiger partial charge in [0.05, 0.1) is 12.7 Å². The molecule has 0 amide bonds. The molecule has 3 saturated heterocycles. The number of fused-ring (bicyclic) bond motifs is 2. The summed E-state index contributed by atoms with van der Waals surface area (Å²) in [6.07, 6.45) is 2.65. The van der Waals surface area contributed by atoms with Gasteiger partial charge in [0.25, 0.3) is 0 Å². The first-order valence-corrected chi connectivity index (χ1v) is 9.65. The van der Waals surface area contributed by atoms with Crippen LogP contribution in [0.4, 0.5) is 0 Å². The Bertz CT molecular complexity index is 592. The van der Waals surface area contributed by atoms with E-state index in [9.17, 15) is 9.90 Å². The first-order valence-electron chi connectivity index (χ1n) is 9.65. The quantitative estimate of drug-likeness (QED) is 0.738. The van der Waals surface area contributed by atoms with Gasteiger partial charge in [-0.05, 0) is 32.1 Å². The number of aliphatic hydroxyl groups is 1. The topological polar surface area (TPSA) is 74.2 Å². The fourth-order valence-corrected chi connectivity index (χ4v) is 6.61. The molecule has 1 N–H and O–H groups in total. The van der Waals surface area contributed by atoms with Gasteiger partial charge in [-0.1, -0.05) is 27.2 Å². The van der Waals surface area contributed by atoms with Gasteiger partial charge >= 0.3 is 5.97 Å². The molecule has 2 bridgehead atoms. The van der Waals surface area contributed by atoms with Crippen LogP contribution in [0.15, 0.2) is 0 Å². The highest BCUT2D eigenvalue weighted by atomic mass is 16.9. The molecule has 0 aromatic carbocycles. The number of rotatable bonds is 6. The van der Waals surface area contributed by atoms with Crippen molar-refractivity contribution in [2.75, 3.05) is 7.11 Å². The average Bonchev–Trinajstić information content (AvgIpc) is 3.20. The summed E-state index contributed by atoms with van der Waals surface area (Å²) in [6, 6.07) is 0. The Morgan fingerprint density at radius 3 is 2.48 bits per heavy atom. The molecule has 4 rings (SSSR count). The van der Waals surface area contributed by atoms with Crippen LogP contribution in [0.1, 0.15) is 59.8 Å². The Kier molecular flexibility index (Phi) is 3.67. The average molecular weight is 354 g/mol. The maximum absolute atomic E-state index is 12.2. The van der Waals surface area contributed by atoms with Gasteiger partial charge in [0.1, 0.15) is 18.1 Å². The van der Waals surface area contributed by atoms with E-state index in [2.05, 4.69) is 20.8 Å². The highest BCUT2D eigenvalue weighted by molar-refractivity contribution is 5.71. The zero-order valence-electron chi connectivity index (χ0n) is 15.8. The van der Waals surface area contributed by atoms with Crippen LogP contribution in [0.3, 0.4) is 0 Å². The minimum absolute atomic E-state index is 0.00638. The number of methoxy groups -OCH3 is 1. The molecule has 1 saturated carbocycles. The van der Waals surface area contributed by atoms with Gasteiger partial charge in [-0.15, -0.1) is 0 Å². The van der Waals surface area contributed by atoms with E-state index in [-0.39, 0.29) is 29.8 Å². The van der Waals surface area contributed by atoms with E-state index in [1.807, 2.05) is 0 Å². The first-order chi connectivity index (χ1) is 11.8. The van der Waals surface area contributed by atoms with Gasteiger partial charge < -0.3 is 24.1 Å². The number of carbonyl (C=O) groups excluding carboxylic acids is 1. The van der Waals surface area contributed by atoms with E-state index in [4.69, 9.17) is 18.9 Å². The molecule has 0 unspecified atom stereocenters. The molecule has 3 aliphatic heterocycles. The Hall–Kier alpha value is -0.690.